The fraction of sp³-hybridized carbons (Fsp3) is 0.333. The molecule has 0 heterocycles. The Morgan fingerprint density at radius 1 is 1.00 bits per heavy atom. The smallest absolute Gasteiger partial charge is 0.218 e. The van der Waals surface area contributed by atoms with E-state index in [0.717, 1.165) is 16.7 Å². The first-order chi connectivity index (χ1) is 11.4. The lowest BCUT2D eigenvalue weighted by Gasteiger charge is -2.19. The summed E-state index contributed by atoms with van der Waals surface area (Å²) in [5.41, 5.74) is 2.63. The van der Waals surface area contributed by atoms with Crippen LogP contribution in [0.25, 0.3) is 0 Å². The van der Waals surface area contributed by atoms with Gasteiger partial charge in [-0.3, -0.25) is 0 Å². The van der Waals surface area contributed by atoms with Crippen LogP contribution in [0.4, 0.5) is 0 Å². The van der Waals surface area contributed by atoms with Crippen LogP contribution in [-0.4, -0.2) is 34.0 Å². The first-order valence-electron chi connectivity index (χ1n) is 7.57. The van der Waals surface area contributed by atoms with Crippen molar-refractivity contribution in [1.29, 1.82) is 0 Å². The third-order valence-corrected chi connectivity index (χ3v) is 5.68. The summed E-state index contributed by atoms with van der Waals surface area (Å²) in [6.07, 6.45) is 0. The molecule has 130 valence electrons. The van der Waals surface area contributed by atoms with E-state index in [0.29, 0.717) is 11.5 Å². The Kier molecular flexibility index (Phi) is 5.85. The standard InChI is InChI=1S/C18H23NO4S/c1-14-7-5-6-8-16(14)13-24(20,21)19(2)12-15-9-10-17(22-3)18(11-15)23-4/h5-11H,12-13H2,1-4H3. The average molecular weight is 349 g/mol. The van der Waals surface area contributed by atoms with Crippen LogP contribution >= 0.6 is 0 Å². The van der Waals surface area contributed by atoms with Gasteiger partial charge >= 0.3 is 0 Å². The number of hydrogen-bond acceptors (Lipinski definition) is 4. The maximum Gasteiger partial charge on any atom is 0.218 e. The molecule has 0 aliphatic carbocycles. The van der Waals surface area contributed by atoms with Gasteiger partial charge in [0, 0.05) is 13.6 Å². The molecule has 0 saturated heterocycles. The number of sulfonamides is 1. The zero-order valence-corrected chi connectivity index (χ0v) is 15.3. The summed E-state index contributed by atoms with van der Waals surface area (Å²) >= 11 is 0. The van der Waals surface area contributed by atoms with Crippen molar-refractivity contribution in [3.8, 4) is 11.5 Å². The van der Waals surface area contributed by atoms with Crippen LogP contribution in [0.5, 0.6) is 11.5 Å². The van der Waals surface area contributed by atoms with E-state index in [-0.39, 0.29) is 12.3 Å². The highest BCUT2D eigenvalue weighted by Crippen LogP contribution is 2.28. The van der Waals surface area contributed by atoms with Gasteiger partial charge < -0.3 is 9.47 Å². The quantitative estimate of drug-likeness (QED) is 0.771. The van der Waals surface area contributed by atoms with Crippen LogP contribution < -0.4 is 9.47 Å². The first kappa shape index (κ1) is 18.3. The first-order valence-corrected chi connectivity index (χ1v) is 9.17. The Hall–Kier alpha value is -2.05. The molecule has 0 radical (unpaired) electrons. The maximum absolute atomic E-state index is 12.6. The molecule has 0 amide bonds. The second-order valence-corrected chi connectivity index (χ2v) is 7.70. The summed E-state index contributed by atoms with van der Waals surface area (Å²) in [5.74, 6) is 1.19. The summed E-state index contributed by atoms with van der Waals surface area (Å²) < 4.78 is 37.0. The highest BCUT2D eigenvalue weighted by Gasteiger charge is 2.20. The minimum atomic E-state index is -3.41. The molecule has 6 heteroatoms. The molecule has 24 heavy (non-hydrogen) atoms. The van der Waals surface area contributed by atoms with Gasteiger partial charge in [-0.25, -0.2) is 12.7 Å². The van der Waals surface area contributed by atoms with Crippen molar-refractivity contribution in [2.45, 2.75) is 19.2 Å². The number of nitrogens with zero attached hydrogens (tertiary/aromatic N) is 1. The van der Waals surface area contributed by atoms with E-state index in [1.165, 1.54) is 4.31 Å². The molecular weight excluding hydrogens is 326 g/mol. The fourth-order valence-electron chi connectivity index (χ4n) is 2.41. The monoisotopic (exact) mass is 349 g/mol. The van der Waals surface area contributed by atoms with Crippen LogP contribution in [0.3, 0.4) is 0 Å². The molecule has 2 aromatic rings. The van der Waals surface area contributed by atoms with Gasteiger partial charge in [-0.15, -0.1) is 0 Å². The molecule has 0 atom stereocenters. The number of hydrogen-bond donors (Lipinski definition) is 0. The second kappa shape index (κ2) is 7.68. The van der Waals surface area contributed by atoms with E-state index in [2.05, 4.69) is 0 Å². The Labute approximate surface area is 143 Å². The molecule has 0 aromatic heterocycles. The van der Waals surface area contributed by atoms with Crippen molar-refractivity contribution >= 4 is 10.0 Å². The van der Waals surface area contributed by atoms with Crippen molar-refractivity contribution in [3.05, 3.63) is 59.2 Å². The van der Waals surface area contributed by atoms with Gasteiger partial charge in [-0.1, -0.05) is 30.3 Å². The number of ether oxygens (including phenoxy) is 2. The Morgan fingerprint density at radius 2 is 1.67 bits per heavy atom. The van der Waals surface area contributed by atoms with Crippen LogP contribution in [0.1, 0.15) is 16.7 Å². The molecule has 0 unspecified atom stereocenters. The van der Waals surface area contributed by atoms with Crippen LogP contribution in [0, 0.1) is 6.92 Å². The molecule has 5 nitrogen and oxygen atoms in total. The van der Waals surface area contributed by atoms with Crippen molar-refractivity contribution in [3.63, 3.8) is 0 Å². The fourth-order valence-corrected chi connectivity index (χ4v) is 3.70. The van der Waals surface area contributed by atoms with Gasteiger partial charge in [0.25, 0.3) is 0 Å². The number of methoxy groups -OCH3 is 2. The van der Waals surface area contributed by atoms with Gasteiger partial charge in [0.05, 0.1) is 20.0 Å². The van der Waals surface area contributed by atoms with E-state index < -0.39 is 10.0 Å². The predicted molar refractivity (Wildman–Crippen MR) is 94.8 cm³/mol. The van der Waals surface area contributed by atoms with E-state index in [1.54, 1.807) is 33.4 Å². The summed E-state index contributed by atoms with van der Waals surface area (Å²) in [5, 5.41) is 0. The summed E-state index contributed by atoms with van der Waals surface area (Å²) in [4.78, 5) is 0. The predicted octanol–water partition coefficient (Wildman–Crippen LogP) is 2.97. The van der Waals surface area contributed by atoms with Crippen LogP contribution in [0.2, 0.25) is 0 Å². The molecule has 0 bridgehead atoms. The maximum atomic E-state index is 12.6. The van der Waals surface area contributed by atoms with Gasteiger partial charge in [-0.05, 0) is 35.7 Å². The lowest BCUT2D eigenvalue weighted by atomic mass is 10.1. The molecule has 0 aliphatic heterocycles. The normalized spacial score (nSPS) is 11.5. The minimum Gasteiger partial charge on any atom is -0.493 e. The average Bonchev–Trinajstić information content (AvgIpc) is 2.56. The Morgan fingerprint density at radius 3 is 2.29 bits per heavy atom. The largest absolute Gasteiger partial charge is 0.493 e. The van der Waals surface area contributed by atoms with E-state index in [4.69, 9.17) is 9.47 Å². The number of benzene rings is 2. The molecule has 0 N–H and O–H groups in total. The molecule has 2 aromatic carbocycles. The van der Waals surface area contributed by atoms with Gasteiger partial charge in [0.1, 0.15) is 0 Å². The van der Waals surface area contributed by atoms with Gasteiger partial charge in [0.2, 0.25) is 10.0 Å². The molecular formula is C18H23NO4S. The van der Waals surface area contributed by atoms with Gasteiger partial charge in [-0.2, -0.15) is 0 Å². The van der Waals surface area contributed by atoms with Crippen LogP contribution in [-0.2, 0) is 22.3 Å². The Bertz CT molecular complexity index is 802. The third kappa shape index (κ3) is 4.27. The van der Waals surface area contributed by atoms with Crippen molar-refractivity contribution in [1.82, 2.24) is 4.31 Å². The highest BCUT2D eigenvalue weighted by molar-refractivity contribution is 7.88. The van der Waals surface area contributed by atoms with Gasteiger partial charge in [0.15, 0.2) is 11.5 Å². The lowest BCUT2D eigenvalue weighted by Crippen LogP contribution is -2.28. The molecule has 0 saturated carbocycles. The molecule has 0 fully saturated rings. The minimum absolute atomic E-state index is 0.0105. The number of rotatable bonds is 7. The second-order valence-electron chi connectivity index (χ2n) is 5.63. The third-order valence-electron chi connectivity index (χ3n) is 3.93. The zero-order chi connectivity index (χ0) is 17.7. The highest BCUT2D eigenvalue weighted by atomic mass is 32.2. The Balaban J connectivity index is 2.16. The zero-order valence-electron chi connectivity index (χ0n) is 14.4. The lowest BCUT2D eigenvalue weighted by molar-refractivity contribution is 0.354. The molecule has 2 rings (SSSR count). The molecule has 0 aliphatic rings. The van der Waals surface area contributed by atoms with Crippen molar-refractivity contribution < 1.29 is 17.9 Å². The van der Waals surface area contributed by atoms with E-state index in [1.807, 2.05) is 37.3 Å². The van der Waals surface area contributed by atoms with E-state index >= 15 is 0 Å². The van der Waals surface area contributed by atoms with Crippen LogP contribution in [0.15, 0.2) is 42.5 Å². The summed E-state index contributed by atoms with van der Waals surface area (Å²) in [7, 11) is 1.30. The molecule has 0 spiro atoms. The topological polar surface area (TPSA) is 55.8 Å². The van der Waals surface area contributed by atoms with Crippen molar-refractivity contribution in [2.24, 2.45) is 0 Å². The SMILES string of the molecule is COc1ccc(CN(C)S(=O)(=O)Cc2ccccc2C)cc1OC. The van der Waals surface area contributed by atoms with E-state index in [9.17, 15) is 8.42 Å². The summed E-state index contributed by atoms with van der Waals surface area (Å²) in [6, 6.07) is 12.9. The van der Waals surface area contributed by atoms with Crippen molar-refractivity contribution in [2.75, 3.05) is 21.3 Å². The number of aryl methyl sites for hydroxylation is 1. The summed E-state index contributed by atoms with van der Waals surface area (Å²) in [6.45, 7) is 2.19.